The third-order valence-corrected chi connectivity index (χ3v) is 14.2. The zero-order chi connectivity index (χ0) is 49.6. The van der Waals surface area contributed by atoms with Gasteiger partial charge in [0.1, 0.15) is 13.2 Å². The predicted molar refractivity (Wildman–Crippen MR) is 293 cm³/mol. The summed E-state index contributed by atoms with van der Waals surface area (Å²) < 4.78 is 16.9. The van der Waals surface area contributed by atoms with E-state index in [1.807, 2.05) is 0 Å². The lowest BCUT2D eigenvalue weighted by atomic mass is 10.0. The molecule has 0 aliphatic carbocycles. The molecule has 0 rings (SSSR count). The summed E-state index contributed by atoms with van der Waals surface area (Å²) in [5.41, 5.74) is 0. The maximum absolute atomic E-state index is 12.9. The molecule has 0 heterocycles. The molecule has 6 heteroatoms. The predicted octanol–water partition coefficient (Wildman–Crippen LogP) is 20.4. The van der Waals surface area contributed by atoms with E-state index in [9.17, 15) is 14.4 Å². The Balaban J connectivity index is 4.28. The van der Waals surface area contributed by atoms with Crippen LogP contribution in [0.15, 0.2) is 0 Å². The molecule has 0 aromatic rings. The van der Waals surface area contributed by atoms with Crippen molar-refractivity contribution < 1.29 is 28.6 Å². The van der Waals surface area contributed by atoms with Crippen LogP contribution in [-0.4, -0.2) is 37.2 Å². The zero-order valence-corrected chi connectivity index (χ0v) is 46.7. The van der Waals surface area contributed by atoms with Gasteiger partial charge in [-0.25, -0.2) is 0 Å². The van der Waals surface area contributed by atoms with Gasteiger partial charge >= 0.3 is 17.9 Å². The van der Waals surface area contributed by atoms with E-state index in [2.05, 4.69) is 34.6 Å². The maximum Gasteiger partial charge on any atom is 0.306 e. The van der Waals surface area contributed by atoms with Crippen LogP contribution in [0.5, 0.6) is 0 Å². The van der Waals surface area contributed by atoms with Crippen molar-refractivity contribution >= 4 is 17.9 Å². The van der Waals surface area contributed by atoms with Gasteiger partial charge in [-0.15, -0.1) is 0 Å². The van der Waals surface area contributed by atoms with Crippen LogP contribution in [0.3, 0.4) is 0 Å². The summed E-state index contributed by atoms with van der Waals surface area (Å²) in [4.78, 5) is 38.2. The van der Waals surface area contributed by atoms with Crippen LogP contribution in [0.2, 0.25) is 0 Å². The van der Waals surface area contributed by atoms with Crippen LogP contribution in [-0.2, 0) is 28.6 Å². The number of esters is 3. The van der Waals surface area contributed by atoms with E-state index in [1.54, 1.807) is 0 Å². The number of rotatable bonds is 56. The number of hydrogen-bond donors (Lipinski definition) is 0. The van der Waals surface area contributed by atoms with E-state index in [1.165, 1.54) is 238 Å². The molecule has 0 unspecified atom stereocenters. The SMILES string of the molecule is CCCCCCCCCCCCCCCCCC(=O)OC[C@@H](COC(=O)CCCCCCCCCCCCCCCCCCC(C)C)OC(=O)CCCCCCCCCCCCCCCC(C)C. The first-order valence-corrected chi connectivity index (χ1v) is 30.7. The number of carbonyl (C=O) groups excluding carboxylic acids is 3. The Hall–Kier alpha value is -1.59. The van der Waals surface area contributed by atoms with Crippen molar-refractivity contribution in [3.8, 4) is 0 Å². The highest BCUT2D eigenvalue weighted by Gasteiger charge is 2.19. The van der Waals surface area contributed by atoms with E-state index in [0.29, 0.717) is 19.3 Å². The van der Waals surface area contributed by atoms with Gasteiger partial charge in [-0.2, -0.15) is 0 Å². The summed E-state index contributed by atoms with van der Waals surface area (Å²) in [6.07, 6.45) is 59.5. The van der Waals surface area contributed by atoms with E-state index in [0.717, 1.165) is 69.6 Å². The van der Waals surface area contributed by atoms with Gasteiger partial charge in [0, 0.05) is 19.3 Å². The lowest BCUT2D eigenvalue weighted by molar-refractivity contribution is -0.167. The van der Waals surface area contributed by atoms with Crippen molar-refractivity contribution in [3.63, 3.8) is 0 Å². The molecule has 0 aliphatic rings. The molecule has 6 nitrogen and oxygen atoms in total. The molecule has 0 aromatic carbocycles. The second-order valence-electron chi connectivity index (χ2n) is 22.3. The van der Waals surface area contributed by atoms with E-state index < -0.39 is 6.10 Å². The molecule has 0 amide bonds. The Morgan fingerprint density at radius 1 is 0.279 bits per heavy atom. The number of hydrogen-bond acceptors (Lipinski definition) is 6. The van der Waals surface area contributed by atoms with Gasteiger partial charge in [0.15, 0.2) is 6.10 Å². The Morgan fingerprint density at radius 2 is 0.485 bits per heavy atom. The average molecular weight is 962 g/mol. The Morgan fingerprint density at radius 3 is 0.721 bits per heavy atom. The van der Waals surface area contributed by atoms with Gasteiger partial charge in [0.25, 0.3) is 0 Å². The normalized spacial score (nSPS) is 12.0. The largest absolute Gasteiger partial charge is 0.462 e. The highest BCUT2D eigenvalue weighted by molar-refractivity contribution is 5.71. The van der Waals surface area contributed by atoms with Gasteiger partial charge in [0.2, 0.25) is 0 Å². The smallest absolute Gasteiger partial charge is 0.306 e. The lowest BCUT2D eigenvalue weighted by Gasteiger charge is -2.18. The molecular formula is C62H120O6. The minimum atomic E-state index is -0.763. The highest BCUT2D eigenvalue weighted by Crippen LogP contribution is 2.19. The Kier molecular flexibility index (Phi) is 53.5. The van der Waals surface area contributed by atoms with Crippen molar-refractivity contribution in [1.82, 2.24) is 0 Å². The molecule has 0 aliphatic heterocycles. The highest BCUT2D eigenvalue weighted by atomic mass is 16.6. The number of unbranched alkanes of at least 4 members (excludes halogenated alkanes) is 41. The van der Waals surface area contributed by atoms with Crippen LogP contribution in [0.1, 0.15) is 349 Å². The van der Waals surface area contributed by atoms with E-state index in [4.69, 9.17) is 14.2 Å². The average Bonchev–Trinajstić information content (AvgIpc) is 3.31. The van der Waals surface area contributed by atoms with Crippen LogP contribution >= 0.6 is 0 Å². The third-order valence-electron chi connectivity index (χ3n) is 14.2. The van der Waals surface area contributed by atoms with Crippen LogP contribution in [0.4, 0.5) is 0 Å². The zero-order valence-electron chi connectivity index (χ0n) is 46.7. The molecule has 0 N–H and O–H groups in total. The molecule has 0 bridgehead atoms. The Labute approximate surface area is 425 Å². The Bertz CT molecular complexity index is 1040. The number of carbonyl (C=O) groups is 3. The summed E-state index contributed by atoms with van der Waals surface area (Å²) in [5, 5.41) is 0. The topological polar surface area (TPSA) is 78.9 Å². The van der Waals surface area contributed by atoms with Crippen LogP contribution in [0.25, 0.3) is 0 Å². The molecule has 0 spiro atoms. The summed E-state index contributed by atoms with van der Waals surface area (Å²) in [6, 6.07) is 0. The molecule has 0 radical (unpaired) electrons. The van der Waals surface area contributed by atoms with E-state index >= 15 is 0 Å². The second kappa shape index (κ2) is 54.7. The maximum atomic E-state index is 12.9. The third kappa shape index (κ3) is 55.3. The standard InChI is InChI=1S/C62H120O6/c1-6-7-8-9-10-11-12-13-16-22-27-32-37-42-47-52-60(63)66-55-59(68-62(65)54-49-44-39-34-29-24-19-21-26-31-36-41-46-51-58(4)5)56-67-61(64)53-48-43-38-33-28-23-18-15-14-17-20-25-30-35-40-45-50-57(2)3/h57-59H,6-56H2,1-5H3/t59-/m0/s1. The van der Waals surface area contributed by atoms with Gasteiger partial charge in [-0.3, -0.25) is 14.4 Å². The molecule has 1 atom stereocenters. The quantitative estimate of drug-likeness (QED) is 0.0343. The first-order chi connectivity index (χ1) is 33.2. The molecule has 68 heavy (non-hydrogen) atoms. The van der Waals surface area contributed by atoms with Crippen molar-refractivity contribution in [2.24, 2.45) is 11.8 Å². The summed E-state index contributed by atoms with van der Waals surface area (Å²) in [6.45, 7) is 11.4. The molecule has 0 fully saturated rings. The monoisotopic (exact) mass is 961 g/mol. The molecular weight excluding hydrogens is 841 g/mol. The number of ether oxygens (including phenoxy) is 3. The lowest BCUT2D eigenvalue weighted by Crippen LogP contribution is -2.30. The summed E-state index contributed by atoms with van der Waals surface area (Å²) in [7, 11) is 0. The molecule has 0 aromatic heterocycles. The fourth-order valence-electron chi connectivity index (χ4n) is 9.58. The van der Waals surface area contributed by atoms with E-state index in [-0.39, 0.29) is 31.1 Å². The van der Waals surface area contributed by atoms with Crippen molar-refractivity contribution in [2.75, 3.05) is 13.2 Å². The van der Waals surface area contributed by atoms with Crippen molar-refractivity contribution in [1.29, 1.82) is 0 Å². The van der Waals surface area contributed by atoms with Crippen LogP contribution < -0.4 is 0 Å². The molecule has 0 saturated carbocycles. The fraction of sp³-hybridized carbons (Fsp3) is 0.952. The first-order valence-electron chi connectivity index (χ1n) is 30.7. The minimum absolute atomic E-state index is 0.0621. The molecule has 0 saturated heterocycles. The van der Waals surface area contributed by atoms with Gasteiger partial charge in [-0.1, -0.05) is 311 Å². The van der Waals surface area contributed by atoms with Crippen molar-refractivity contribution in [3.05, 3.63) is 0 Å². The summed E-state index contributed by atoms with van der Waals surface area (Å²) >= 11 is 0. The van der Waals surface area contributed by atoms with Gasteiger partial charge in [-0.05, 0) is 31.1 Å². The van der Waals surface area contributed by atoms with Gasteiger partial charge < -0.3 is 14.2 Å². The second-order valence-corrected chi connectivity index (χ2v) is 22.3. The molecule has 404 valence electrons. The van der Waals surface area contributed by atoms with Crippen LogP contribution in [0, 0.1) is 11.8 Å². The fourth-order valence-corrected chi connectivity index (χ4v) is 9.58. The van der Waals surface area contributed by atoms with Crippen molar-refractivity contribution in [2.45, 2.75) is 355 Å². The van der Waals surface area contributed by atoms with Gasteiger partial charge in [0.05, 0.1) is 0 Å². The summed E-state index contributed by atoms with van der Waals surface area (Å²) in [5.74, 6) is 0.857. The first kappa shape index (κ1) is 66.4. The minimum Gasteiger partial charge on any atom is -0.462 e.